The van der Waals surface area contributed by atoms with E-state index in [4.69, 9.17) is 11.6 Å². The SMILES string of the molecule is O=c1[nH]nc2c3cc(Cl)ccc3c(Br)cn12. The van der Waals surface area contributed by atoms with Crippen LogP contribution in [0.5, 0.6) is 0 Å². The molecule has 0 saturated heterocycles. The largest absolute Gasteiger partial charge is 0.347 e. The molecule has 1 N–H and O–H groups in total. The second kappa shape index (κ2) is 3.33. The van der Waals surface area contributed by atoms with Crippen molar-refractivity contribution in [2.75, 3.05) is 0 Å². The van der Waals surface area contributed by atoms with Gasteiger partial charge in [-0.3, -0.25) is 0 Å². The van der Waals surface area contributed by atoms with Crippen LogP contribution in [0.4, 0.5) is 0 Å². The molecule has 2 aromatic heterocycles. The first-order chi connectivity index (χ1) is 7.66. The van der Waals surface area contributed by atoms with Crippen LogP contribution in [-0.4, -0.2) is 14.6 Å². The van der Waals surface area contributed by atoms with Gasteiger partial charge in [-0.05, 0) is 28.1 Å². The monoisotopic (exact) mass is 297 g/mol. The highest BCUT2D eigenvalue weighted by Crippen LogP contribution is 2.28. The minimum atomic E-state index is -0.266. The summed E-state index contributed by atoms with van der Waals surface area (Å²) in [4.78, 5) is 11.5. The Morgan fingerprint density at radius 1 is 1.38 bits per heavy atom. The van der Waals surface area contributed by atoms with Gasteiger partial charge in [0.05, 0.1) is 0 Å². The van der Waals surface area contributed by atoms with E-state index >= 15 is 0 Å². The molecule has 0 aliphatic carbocycles. The van der Waals surface area contributed by atoms with Crippen LogP contribution in [0.15, 0.2) is 33.7 Å². The number of H-pyrrole nitrogens is 1. The maximum atomic E-state index is 11.5. The van der Waals surface area contributed by atoms with Gasteiger partial charge in [-0.25, -0.2) is 14.3 Å². The lowest BCUT2D eigenvalue weighted by molar-refractivity contribution is 1.02. The van der Waals surface area contributed by atoms with Crippen LogP contribution in [0.1, 0.15) is 0 Å². The van der Waals surface area contributed by atoms with Crippen LogP contribution >= 0.6 is 27.5 Å². The van der Waals surface area contributed by atoms with Crippen molar-refractivity contribution in [2.45, 2.75) is 0 Å². The van der Waals surface area contributed by atoms with Gasteiger partial charge < -0.3 is 0 Å². The van der Waals surface area contributed by atoms with Crippen LogP contribution in [0, 0.1) is 0 Å². The van der Waals surface area contributed by atoms with E-state index in [0.29, 0.717) is 10.7 Å². The summed E-state index contributed by atoms with van der Waals surface area (Å²) in [5, 5.41) is 8.80. The Morgan fingerprint density at radius 3 is 3.00 bits per heavy atom. The summed E-state index contributed by atoms with van der Waals surface area (Å²) in [5.41, 5.74) is 0.309. The molecule has 0 spiro atoms. The molecule has 2 heterocycles. The number of nitrogens with one attached hydrogen (secondary N) is 1. The maximum absolute atomic E-state index is 11.5. The Labute approximate surface area is 103 Å². The standard InChI is InChI=1S/C10H5BrClN3O/c11-8-4-15-9(13-14-10(15)16)7-3-5(12)1-2-6(7)8/h1-4H,(H,14,16). The van der Waals surface area contributed by atoms with Crippen molar-refractivity contribution in [1.82, 2.24) is 14.6 Å². The van der Waals surface area contributed by atoms with E-state index in [2.05, 4.69) is 26.1 Å². The molecule has 3 rings (SSSR count). The predicted octanol–water partition coefficient (Wildman–Crippen LogP) is 2.59. The molecule has 0 aliphatic rings. The number of hydrogen-bond acceptors (Lipinski definition) is 2. The zero-order valence-electron chi connectivity index (χ0n) is 7.87. The lowest BCUT2D eigenvalue weighted by Gasteiger charge is -2.02. The first kappa shape index (κ1) is 9.86. The molecule has 0 aliphatic heterocycles. The lowest BCUT2D eigenvalue weighted by atomic mass is 10.2. The predicted molar refractivity (Wildman–Crippen MR) is 66.0 cm³/mol. The van der Waals surface area contributed by atoms with Gasteiger partial charge in [0.1, 0.15) is 0 Å². The van der Waals surface area contributed by atoms with Crippen LogP contribution in [0.3, 0.4) is 0 Å². The highest BCUT2D eigenvalue weighted by molar-refractivity contribution is 9.10. The smallest absolute Gasteiger partial charge is 0.249 e. The molecule has 16 heavy (non-hydrogen) atoms. The molecule has 0 atom stereocenters. The summed E-state index contributed by atoms with van der Waals surface area (Å²) in [5.74, 6) is 0. The number of halogens is 2. The van der Waals surface area contributed by atoms with Crippen molar-refractivity contribution in [3.8, 4) is 0 Å². The summed E-state index contributed by atoms with van der Waals surface area (Å²) in [6.45, 7) is 0. The lowest BCUT2D eigenvalue weighted by Crippen LogP contribution is -2.08. The molecule has 0 fully saturated rings. The molecule has 0 saturated carbocycles. The zero-order chi connectivity index (χ0) is 11.3. The molecule has 80 valence electrons. The minimum absolute atomic E-state index is 0.266. The van der Waals surface area contributed by atoms with Crippen molar-refractivity contribution in [1.29, 1.82) is 0 Å². The van der Waals surface area contributed by atoms with Crippen LogP contribution < -0.4 is 5.69 Å². The fourth-order valence-corrected chi connectivity index (χ4v) is 2.43. The molecule has 0 bridgehead atoms. The summed E-state index contributed by atoms with van der Waals surface area (Å²) < 4.78 is 2.28. The minimum Gasteiger partial charge on any atom is -0.249 e. The van der Waals surface area contributed by atoms with E-state index < -0.39 is 0 Å². The average molecular weight is 299 g/mol. The Bertz CT molecular complexity index is 762. The first-order valence-corrected chi connectivity index (χ1v) is 5.68. The van der Waals surface area contributed by atoms with Crippen molar-refractivity contribution >= 4 is 44.0 Å². The number of aromatic nitrogens is 3. The topological polar surface area (TPSA) is 50.2 Å². The summed E-state index contributed by atoms with van der Waals surface area (Å²) >= 11 is 9.35. The average Bonchev–Trinajstić information content (AvgIpc) is 2.61. The van der Waals surface area contributed by atoms with Gasteiger partial charge in [0.15, 0.2) is 5.65 Å². The summed E-state index contributed by atoms with van der Waals surface area (Å²) in [7, 11) is 0. The van der Waals surface area contributed by atoms with Crippen molar-refractivity contribution in [2.24, 2.45) is 0 Å². The summed E-state index contributed by atoms with van der Waals surface area (Å²) in [6.07, 6.45) is 1.69. The second-order valence-corrected chi connectivity index (χ2v) is 4.68. The van der Waals surface area contributed by atoms with Crippen LogP contribution in [-0.2, 0) is 0 Å². The van der Waals surface area contributed by atoms with E-state index in [0.717, 1.165) is 15.2 Å². The quantitative estimate of drug-likeness (QED) is 0.693. The Morgan fingerprint density at radius 2 is 2.19 bits per heavy atom. The molecular weight excluding hydrogens is 293 g/mol. The Balaban J connectivity index is 2.67. The Kier molecular flexibility index (Phi) is 2.05. The molecule has 6 heteroatoms. The molecule has 0 amide bonds. The molecule has 1 aromatic carbocycles. The number of rotatable bonds is 0. The molecule has 0 radical (unpaired) electrons. The first-order valence-electron chi connectivity index (χ1n) is 4.51. The fourth-order valence-electron chi connectivity index (χ4n) is 1.71. The number of benzene rings is 1. The van der Waals surface area contributed by atoms with Gasteiger partial charge in [-0.1, -0.05) is 17.7 Å². The van der Waals surface area contributed by atoms with Gasteiger partial charge in [0.2, 0.25) is 0 Å². The molecular formula is C10H5BrClN3O. The van der Waals surface area contributed by atoms with Crippen molar-refractivity contribution in [3.05, 3.63) is 44.4 Å². The third-order valence-electron chi connectivity index (χ3n) is 2.43. The molecule has 3 aromatic rings. The Hall–Kier alpha value is -1.33. The second-order valence-electron chi connectivity index (χ2n) is 3.39. The van der Waals surface area contributed by atoms with Gasteiger partial charge in [-0.15, -0.1) is 0 Å². The van der Waals surface area contributed by atoms with E-state index in [1.54, 1.807) is 18.3 Å². The number of fused-ring (bicyclic) bond motifs is 3. The zero-order valence-corrected chi connectivity index (χ0v) is 10.2. The van der Waals surface area contributed by atoms with Crippen LogP contribution in [0.2, 0.25) is 5.02 Å². The van der Waals surface area contributed by atoms with Gasteiger partial charge in [0.25, 0.3) is 0 Å². The number of hydrogen-bond donors (Lipinski definition) is 1. The third-order valence-corrected chi connectivity index (χ3v) is 3.29. The van der Waals surface area contributed by atoms with E-state index in [9.17, 15) is 4.79 Å². The number of aromatic amines is 1. The van der Waals surface area contributed by atoms with E-state index in [-0.39, 0.29) is 5.69 Å². The normalized spacial score (nSPS) is 11.4. The third kappa shape index (κ3) is 1.28. The van der Waals surface area contributed by atoms with Gasteiger partial charge in [-0.2, -0.15) is 5.10 Å². The molecule has 4 nitrogen and oxygen atoms in total. The number of nitrogens with zero attached hydrogens (tertiary/aromatic N) is 2. The molecule has 0 unspecified atom stereocenters. The highest BCUT2D eigenvalue weighted by Gasteiger charge is 2.08. The van der Waals surface area contributed by atoms with E-state index in [1.807, 2.05) is 6.07 Å². The summed E-state index contributed by atoms with van der Waals surface area (Å²) in [6, 6.07) is 5.48. The maximum Gasteiger partial charge on any atom is 0.347 e. The van der Waals surface area contributed by atoms with Crippen molar-refractivity contribution in [3.63, 3.8) is 0 Å². The van der Waals surface area contributed by atoms with Crippen molar-refractivity contribution < 1.29 is 0 Å². The fraction of sp³-hybridized carbons (Fsp3) is 0. The van der Waals surface area contributed by atoms with Crippen LogP contribution in [0.25, 0.3) is 16.4 Å². The highest BCUT2D eigenvalue weighted by atomic mass is 79.9. The van der Waals surface area contributed by atoms with Gasteiger partial charge in [0, 0.05) is 26.5 Å². The van der Waals surface area contributed by atoms with E-state index in [1.165, 1.54) is 4.40 Å². The number of pyridine rings is 1. The van der Waals surface area contributed by atoms with Gasteiger partial charge >= 0.3 is 5.69 Å².